The van der Waals surface area contributed by atoms with Crippen molar-refractivity contribution in [3.05, 3.63) is 0 Å². The minimum Gasteiger partial charge on any atom is -1.00 e. The van der Waals surface area contributed by atoms with Crippen LogP contribution in [0.4, 0.5) is 0 Å². The van der Waals surface area contributed by atoms with Crippen molar-refractivity contribution in [2.24, 2.45) is 0 Å². The standard InChI is InChI=1S/C6H11As.2ClH/c7-6-4-2-1-3-5-6;;/h6H,1-5H2;2*1H/p-2. The van der Waals surface area contributed by atoms with Crippen molar-refractivity contribution in [1.29, 1.82) is 0 Å². The van der Waals surface area contributed by atoms with Crippen LogP contribution in [-0.2, 0) is 0 Å². The van der Waals surface area contributed by atoms with Crippen LogP contribution < -0.4 is 24.8 Å². The average molecular weight is 229 g/mol. The van der Waals surface area contributed by atoms with E-state index in [-0.39, 0.29) is 24.8 Å². The predicted octanol–water partition coefficient (Wildman–Crippen LogP) is -4.08. The van der Waals surface area contributed by atoms with Gasteiger partial charge in [0.2, 0.25) is 0 Å². The van der Waals surface area contributed by atoms with Crippen LogP contribution in [0.15, 0.2) is 0 Å². The molecule has 56 valence electrons. The summed E-state index contributed by atoms with van der Waals surface area (Å²) in [5, 5.41) is 0. The van der Waals surface area contributed by atoms with E-state index in [9.17, 15) is 0 Å². The first-order valence-electron chi connectivity index (χ1n) is 3.07. The van der Waals surface area contributed by atoms with Crippen LogP contribution in [0, 0.1) is 0 Å². The number of halogens is 2. The third-order valence-corrected chi connectivity index (χ3v) is 2.66. The summed E-state index contributed by atoms with van der Waals surface area (Å²) in [5.41, 5.74) is 0. The summed E-state index contributed by atoms with van der Waals surface area (Å²) in [4.78, 5) is 0. The number of hydrogen-bond acceptors (Lipinski definition) is 0. The Morgan fingerprint density at radius 3 is 1.56 bits per heavy atom. The van der Waals surface area contributed by atoms with Crippen LogP contribution in [0.25, 0.3) is 0 Å². The molecule has 1 rings (SSSR count). The summed E-state index contributed by atoms with van der Waals surface area (Å²) >= 11 is 2.77. The third kappa shape index (κ3) is 5.58. The second-order valence-electron chi connectivity index (χ2n) is 2.29. The van der Waals surface area contributed by atoms with Gasteiger partial charge in [-0.2, -0.15) is 0 Å². The molecule has 1 aliphatic rings. The SMILES string of the molecule is [As]C1CCCCC1.[Cl-].[Cl-]. The van der Waals surface area contributed by atoms with E-state index in [4.69, 9.17) is 0 Å². The fourth-order valence-electron chi connectivity index (χ4n) is 1.08. The molecule has 0 heterocycles. The normalized spacial score (nSPS) is 19.7. The Bertz CT molecular complexity index is 53.0. The molecule has 0 atom stereocenters. The minimum atomic E-state index is 0. The summed E-state index contributed by atoms with van der Waals surface area (Å²) < 4.78 is 0.973. The maximum atomic E-state index is 2.77. The fraction of sp³-hybridized carbons (Fsp3) is 1.00. The van der Waals surface area contributed by atoms with Crippen molar-refractivity contribution in [2.75, 3.05) is 0 Å². The molecule has 1 aliphatic carbocycles. The Labute approximate surface area is 78.5 Å². The Balaban J connectivity index is 0. The molecule has 9 heavy (non-hydrogen) atoms. The Kier molecular flexibility index (Phi) is 10.3. The molecule has 0 nitrogen and oxygen atoms in total. The summed E-state index contributed by atoms with van der Waals surface area (Å²) in [5.74, 6) is 0. The molecule has 0 spiro atoms. The van der Waals surface area contributed by atoms with Crippen molar-refractivity contribution in [2.45, 2.75) is 36.8 Å². The van der Waals surface area contributed by atoms with Crippen molar-refractivity contribution < 1.29 is 24.8 Å². The van der Waals surface area contributed by atoms with Crippen LogP contribution >= 0.6 is 0 Å². The summed E-state index contributed by atoms with van der Waals surface area (Å²) in [7, 11) is 0. The second-order valence-corrected chi connectivity index (χ2v) is 3.82. The molecule has 0 aliphatic heterocycles. The largest absolute Gasteiger partial charge is 1.00 e. The van der Waals surface area contributed by atoms with Crippen LogP contribution in [0.1, 0.15) is 32.1 Å². The Morgan fingerprint density at radius 2 is 1.33 bits per heavy atom. The van der Waals surface area contributed by atoms with E-state index in [1.807, 2.05) is 0 Å². The molecule has 3 heteroatoms. The van der Waals surface area contributed by atoms with E-state index in [1.54, 1.807) is 0 Å². The van der Waals surface area contributed by atoms with Crippen molar-refractivity contribution in [1.82, 2.24) is 0 Å². The molecule has 0 aromatic carbocycles. The average Bonchev–Trinajstić information content (AvgIpc) is 1.69. The molecule has 0 unspecified atom stereocenters. The van der Waals surface area contributed by atoms with E-state index in [0.29, 0.717) is 0 Å². The molecule has 0 bridgehead atoms. The van der Waals surface area contributed by atoms with Gasteiger partial charge in [-0.3, -0.25) is 0 Å². The first kappa shape index (κ1) is 12.8. The van der Waals surface area contributed by atoms with Gasteiger partial charge in [0.05, 0.1) is 0 Å². The maximum Gasteiger partial charge on any atom is -1.00 e. The van der Waals surface area contributed by atoms with Crippen LogP contribution in [0.2, 0.25) is 4.71 Å². The van der Waals surface area contributed by atoms with E-state index < -0.39 is 0 Å². The molecule has 0 N–H and O–H groups in total. The zero-order valence-corrected chi connectivity index (χ0v) is 8.70. The van der Waals surface area contributed by atoms with Gasteiger partial charge in [0, 0.05) is 0 Å². The molecule has 1 saturated carbocycles. The minimum absolute atomic E-state index is 0. The second kappa shape index (κ2) is 7.25. The van der Waals surface area contributed by atoms with E-state index in [1.165, 1.54) is 32.1 Å². The van der Waals surface area contributed by atoms with E-state index in [2.05, 4.69) is 16.9 Å². The first-order chi connectivity index (χ1) is 3.39. The smallest absolute Gasteiger partial charge is 1.00 e. The van der Waals surface area contributed by atoms with Gasteiger partial charge in [-0.15, -0.1) is 0 Å². The van der Waals surface area contributed by atoms with Gasteiger partial charge in [-0.1, -0.05) is 0 Å². The van der Waals surface area contributed by atoms with Gasteiger partial charge in [-0.25, -0.2) is 0 Å². The zero-order valence-electron chi connectivity index (χ0n) is 5.32. The van der Waals surface area contributed by atoms with Crippen molar-refractivity contribution >= 4 is 16.9 Å². The van der Waals surface area contributed by atoms with Gasteiger partial charge < -0.3 is 24.8 Å². The topological polar surface area (TPSA) is 0 Å². The number of rotatable bonds is 0. The van der Waals surface area contributed by atoms with E-state index in [0.717, 1.165) is 4.71 Å². The van der Waals surface area contributed by atoms with Gasteiger partial charge in [0.25, 0.3) is 0 Å². The van der Waals surface area contributed by atoms with Crippen molar-refractivity contribution in [3.8, 4) is 0 Å². The van der Waals surface area contributed by atoms with Crippen LogP contribution in [-0.4, -0.2) is 16.9 Å². The molecule has 2 radical (unpaired) electrons. The number of hydrogen-bond donors (Lipinski definition) is 0. The molecule has 0 aromatic rings. The Hall–Kier alpha value is 1.14. The van der Waals surface area contributed by atoms with Gasteiger partial charge in [-0.05, 0) is 0 Å². The molecule has 1 fully saturated rings. The molecule has 0 aromatic heterocycles. The zero-order chi connectivity index (χ0) is 5.11. The van der Waals surface area contributed by atoms with Gasteiger partial charge in [0.1, 0.15) is 0 Å². The van der Waals surface area contributed by atoms with Gasteiger partial charge >= 0.3 is 53.7 Å². The monoisotopic (exact) mass is 228 g/mol. The predicted molar refractivity (Wildman–Crippen MR) is 32.6 cm³/mol. The fourth-order valence-corrected chi connectivity index (χ4v) is 1.85. The molecule has 0 saturated heterocycles. The molecular formula is C6H11AsCl2-2. The van der Waals surface area contributed by atoms with Crippen LogP contribution in [0.5, 0.6) is 0 Å². The quantitative estimate of drug-likeness (QED) is 0.370. The maximum absolute atomic E-state index is 2.77. The first-order valence-corrected chi connectivity index (χ1v) is 4.16. The third-order valence-electron chi connectivity index (χ3n) is 1.57. The Morgan fingerprint density at radius 1 is 0.889 bits per heavy atom. The van der Waals surface area contributed by atoms with Gasteiger partial charge in [0.15, 0.2) is 0 Å². The van der Waals surface area contributed by atoms with Crippen LogP contribution in [0.3, 0.4) is 0 Å². The van der Waals surface area contributed by atoms with E-state index >= 15 is 0 Å². The summed E-state index contributed by atoms with van der Waals surface area (Å²) in [6, 6.07) is 0. The molecular weight excluding hydrogens is 218 g/mol. The summed E-state index contributed by atoms with van der Waals surface area (Å²) in [6.07, 6.45) is 7.34. The molecule has 0 amide bonds. The van der Waals surface area contributed by atoms with Crippen molar-refractivity contribution in [3.63, 3.8) is 0 Å². The summed E-state index contributed by atoms with van der Waals surface area (Å²) in [6.45, 7) is 0.